The van der Waals surface area contributed by atoms with E-state index < -0.39 is 0 Å². The number of allylic oxidation sites excluding steroid dienone is 4. The average Bonchev–Trinajstić information content (AvgIpc) is 2.91. The molecule has 0 amide bonds. The molecule has 3 nitrogen and oxygen atoms in total. The Kier molecular flexibility index (Phi) is 5.39. The molecule has 154 valence electrons. The van der Waals surface area contributed by atoms with Crippen molar-refractivity contribution in [2.24, 2.45) is 0 Å². The number of hydrogen-bond acceptors (Lipinski definition) is 2. The standard InChI is InChI=1S/C26H26N2O.HI/c1-26(2)21-9-4-5-10-22(21)28(3)24(26)14-12-17-7-6-8-19-15-18-11-13-20(27)16-23(18)29-25(17)19;/h4-5,9-16,27H,6-8H2,1-3H3;1H/b17-12+,24-14+,27-20?;. The van der Waals surface area contributed by atoms with Gasteiger partial charge in [0.25, 0.3) is 0 Å². The largest absolute Gasteiger partial charge is 1.00 e. The molecule has 4 heteroatoms. The summed E-state index contributed by atoms with van der Waals surface area (Å²) in [5.41, 5.74) is 7.63. The summed E-state index contributed by atoms with van der Waals surface area (Å²) in [4.78, 5) is 2.31. The molecule has 0 fully saturated rings. The Morgan fingerprint density at radius 3 is 2.63 bits per heavy atom. The van der Waals surface area contributed by atoms with E-state index >= 15 is 0 Å². The number of rotatable bonds is 1. The highest BCUT2D eigenvalue weighted by atomic mass is 127. The fourth-order valence-electron chi connectivity index (χ4n) is 4.87. The zero-order valence-electron chi connectivity index (χ0n) is 17.7. The maximum Gasteiger partial charge on any atom is 0.200 e. The number of aryl methyl sites for hydroxylation is 1. The molecule has 0 spiro atoms. The molecule has 2 heterocycles. The number of likely N-dealkylation sites (N-methyl/N-ethyl adjacent to an activating group) is 1. The van der Waals surface area contributed by atoms with Crippen LogP contribution in [0.5, 0.6) is 0 Å². The van der Waals surface area contributed by atoms with Crippen LogP contribution in [-0.4, -0.2) is 7.05 Å². The molecule has 0 bridgehead atoms. The van der Waals surface area contributed by atoms with E-state index in [1.807, 2.05) is 18.2 Å². The third-order valence-electron chi connectivity index (χ3n) is 6.44. The van der Waals surface area contributed by atoms with Crippen LogP contribution >= 0.6 is 0 Å². The van der Waals surface area contributed by atoms with Gasteiger partial charge in [0.2, 0.25) is 0 Å². The average molecular weight is 510 g/mol. The van der Waals surface area contributed by atoms with Gasteiger partial charge in [-0.3, -0.25) is 5.41 Å². The third kappa shape index (κ3) is 3.31. The van der Waals surface area contributed by atoms with Crippen molar-refractivity contribution in [3.63, 3.8) is 0 Å². The smallest absolute Gasteiger partial charge is 0.200 e. The first kappa shape index (κ1) is 20.9. The van der Waals surface area contributed by atoms with Gasteiger partial charge in [0.15, 0.2) is 5.36 Å². The summed E-state index contributed by atoms with van der Waals surface area (Å²) in [7, 11) is 2.16. The lowest BCUT2D eigenvalue weighted by Gasteiger charge is -2.24. The number of anilines is 1. The molecule has 0 atom stereocenters. The predicted octanol–water partition coefficient (Wildman–Crippen LogP) is 1.08. The van der Waals surface area contributed by atoms with E-state index in [-0.39, 0.29) is 29.4 Å². The topological polar surface area (TPSA) is 42.0 Å². The van der Waals surface area contributed by atoms with Gasteiger partial charge in [-0.25, -0.2) is 0 Å². The first-order valence-corrected chi connectivity index (χ1v) is 10.4. The van der Waals surface area contributed by atoms with E-state index in [4.69, 9.17) is 9.83 Å². The van der Waals surface area contributed by atoms with Crippen molar-refractivity contribution in [3.05, 3.63) is 88.6 Å². The van der Waals surface area contributed by atoms with Crippen LogP contribution in [0.3, 0.4) is 0 Å². The molecule has 0 aromatic heterocycles. The van der Waals surface area contributed by atoms with Crippen molar-refractivity contribution < 1.29 is 33.8 Å². The molecule has 1 aromatic carbocycles. The maximum absolute atomic E-state index is 6.34. The molecule has 2 aliphatic heterocycles. The minimum atomic E-state index is -0.0190. The monoisotopic (exact) mass is 510 g/mol. The van der Waals surface area contributed by atoms with E-state index in [9.17, 15) is 0 Å². The number of nitrogens with two attached hydrogens (primary N) is 1. The Balaban J connectivity index is 0.00000218. The van der Waals surface area contributed by atoms with E-state index in [1.54, 1.807) is 0 Å². The van der Waals surface area contributed by atoms with Crippen LogP contribution in [0.15, 0.2) is 70.8 Å². The van der Waals surface area contributed by atoms with Crippen molar-refractivity contribution in [3.8, 4) is 11.3 Å². The van der Waals surface area contributed by atoms with E-state index in [0.717, 1.165) is 41.7 Å². The summed E-state index contributed by atoms with van der Waals surface area (Å²) in [5, 5.41) is 6.71. The number of benzene rings is 2. The minimum Gasteiger partial charge on any atom is -1.00 e. The molecule has 0 radical (unpaired) electrons. The lowest BCUT2D eigenvalue weighted by Crippen LogP contribution is -3.00. The number of halogens is 1. The Bertz CT molecular complexity index is 1200. The molecule has 0 saturated carbocycles. The van der Waals surface area contributed by atoms with Gasteiger partial charge in [-0.15, -0.1) is 0 Å². The molecule has 2 N–H and O–H groups in total. The van der Waals surface area contributed by atoms with Crippen molar-refractivity contribution in [2.75, 3.05) is 11.9 Å². The normalized spacial score (nSPS) is 19.6. The minimum absolute atomic E-state index is 0. The summed E-state index contributed by atoms with van der Waals surface area (Å²) in [6.45, 7) is 4.60. The van der Waals surface area contributed by atoms with Gasteiger partial charge >= 0.3 is 0 Å². The van der Waals surface area contributed by atoms with Gasteiger partial charge < -0.3 is 33.3 Å². The lowest BCUT2D eigenvalue weighted by atomic mass is 9.83. The Morgan fingerprint density at radius 1 is 1.03 bits per heavy atom. The van der Waals surface area contributed by atoms with Crippen LogP contribution in [0.25, 0.3) is 16.9 Å². The van der Waals surface area contributed by atoms with Gasteiger partial charge in [0.05, 0.1) is 6.07 Å². The van der Waals surface area contributed by atoms with Crippen LogP contribution in [0.4, 0.5) is 5.69 Å². The van der Waals surface area contributed by atoms with E-state index in [2.05, 4.69) is 68.3 Å². The van der Waals surface area contributed by atoms with Crippen LogP contribution < -0.4 is 39.6 Å². The molecular weight excluding hydrogens is 483 g/mol. The summed E-state index contributed by atoms with van der Waals surface area (Å²) in [5.74, 6) is 1.87. The molecule has 30 heavy (non-hydrogen) atoms. The van der Waals surface area contributed by atoms with Crippen LogP contribution in [0.2, 0.25) is 0 Å². The van der Waals surface area contributed by atoms with Crippen LogP contribution in [0.1, 0.15) is 43.6 Å². The highest BCUT2D eigenvalue weighted by molar-refractivity contribution is 5.74. The predicted molar refractivity (Wildman–Crippen MR) is 117 cm³/mol. The Labute approximate surface area is 195 Å². The Hall–Kier alpha value is -2.34. The summed E-state index contributed by atoms with van der Waals surface area (Å²) in [6, 6.07) is 16.8. The molecule has 0 saturated heterocycles. The van der Waals surface area contributed by atoms with Crippen LogP contribution in [0, 0.1) is 0 Å². The first-order chi connectivity index (χ1) is 13.9. The molecule has 2 aliphatic carbocycles. The molecule has 0 unspecified atom stereocenters. The number of hydrogen-bond donors (Lipinski definition) is 1. The second kappa shape index (κ2) is 7.73. The highest BCUT2D eigenvalue weighted by Crippen LogP contribution is 2.47. The van der Waals surface area contributed by atoms with Crippen LogP contribution in [-0.2, 0) is 11.8 Å². The zero-order valence-corrected chi connectivity index (χ0v) is 19.9. The maximum atomic E-state index is 6.34. The van der Waals surface area contributed by atoms with E-state index in [1.165, 1.54) is 28.1 Å². The highest BCUT2D eigenvalue weighted by Gasteiger charge is 2.37. The van der Waals surface area contributed by atoms with Crippen molar-refractivity contribution in [1.82, 2.24) is 0 Å². The number of nitrogens with zero attached hydrogens (tertiary/aromatic N) is 1. The third-order valence-corrected chi connectivity index (χ3v) is 6.44. The molecule has 4 aliphatic rings. The molecule has 5 rings (SSSR count). The summed E-state index contributed by atoms with van der Waals surface area (Å²) in [6.07, 6.45) is 7.79. The van der Waals surface area contributed by atoms with Crippen molar-refractivity contribution in [1.29, 1.82) is 0 Å². The van der Waals surface area contributed by atoms with Crippen molar-refractivity contribution in [2.45, 2.75) is 38.5 Å². The summed E-state index contributed by atoms with van der Waals surface area (Å²) < 4.78 is 6.34. The summed E-state index contributed by atoms with van der Waals surface area (Å²) >= 11 is 0. The second-order valence-corrected chi connectivity index (χ2v) is 8.70. The zero-order chi connectivity index (χ0) is 20.2. The second-order valence-electron chi connectivity index (χ2n) is 8.70. The van der Waals surface area contributed by atoms with Gasteiger partial charge in [0.1, 0.15) is 11.5 Å². The van der Waals surface area contributed by atoms with Gasteiger partial charge in [-0.1, -0.05) is 38.1 Å². The quantitative estimate of drug-likeness (QED) is 0.499. The number of fused-ring (bicyclic) bond motifs is 3. The fraction of sp³-hybridized carbons (Fsp3) is 0.269. The first-order valence-electron chi connectivity index (χ1n) is 10.4. The SMILES string of the molecule is CN1/C(=C/C=C2\CCCc3cc4ccc(=[NH2+])cc-4oc32)C(C)(C)c2ccccc21.[I-]. The lowest BCUT2D eigenvalue weighted by molar-refractivity contribution is -0.172. The molecule has 1 aromatic rings. The van der Waals surface area contributed by atoms with Crippen molar-refractivity contribution >= 4 is 11.3 Å². The van der Waals surface area contributed by atoms with Gasteiger partial charge in [-0.05, 0) is 60.2 Å². The Morgan fingerprint density at radius 2 is 1.83 bits per heavy atom. The van der Waals surface area contributed by atoms with Gasteiger partial charge in [0, 0.05) is 35.5 Å². The van der Waals surface area contributed by atoms with E-state index in [0.29, 0.717) is 0 Å². The fourth-order valence-corrected chi connectivity index (χ4v) is 4.87. The van der Waals surface area contributed by atoms with Gasteiger partial charge in [-0.2, -0.15) is 0 Å². The number of para-hydroxylation sites is 1. The molecular formula is C26H27IN2O.